The zero-order valence-corrected chi connectivity index (χ0v) is 18.2. The molecule has 2 saturated heterocycles. The number of sulfonamides is 1. The van der Waals surface area contributed by atoms with Gasteiger partial charge in [0.2, 0.25) is 10.0 Å². The highest BCUT2D eigenvalue weighted by Gasteiger charge is 2.31. The van der Waals surface area contributed by atoms with Crippen molar-refractivity contribution >= 4 is 33.5 Å². The van der Waals surface area contributed by atoms with Gasteiger partial charge in [-0.3, -0.25) is 9.59 Å². The van der Waals surface area contributed by atoms with Crippen molar-refractivity contribution in [2.75, 3.05) is 53.4 Å². The number of methoxy groups -OCH3 is 1. The minimum absolute atomic E-state index is 0.0687. The molecule has 1 aromatic rings. The highest BCUT2D eigenvalue weighted by molar-refractivity contribution is 7.89. The lowest BCUT2D eigenvalue weighted by Crippen LogP contribution is -2.47. The maximum atomic E-state index is 13.0. The lowest BCUT2D eigenvalue weighted by Gasteiger charge is -2.32. The molecule has 1 amide bonds. The van der Waals surface area contributed by atoms with E-state index in [1.165, 1.54) is 29.6 Å². The Morgan fingerprint density at radius 1 is 1.07 bits per heavy atom. The Morgan fingerprint density at radius 3 is 2.28 bits per heavy atom. The van der Waals surface area contributed by atoms with E-state index in [-0.39, 0.29) is 33.3 Å². The van der Waals surface area contributed by atoms with Crippen molar-refractivity contribution in [3.63, 3.8) is 0 Å². The number of piperazine rings is 1. The largest absolute Gasteiger partial charge is 0.469 e. The van der Waals surface area contributed by atoms with E-state index in [1.807, 2.05) is 7.05 Å². The van der Waals surface area contributed by atoms with E-state index in [2.05, 4.69) is 4.90 Å². The van der Waals surface area contributed by atoms with Gasteiger partial charge in [-0.25, -0.2) is 8.42 Å². The summed E-state index contributed by atoms with van der Waals surface area (Å²) in [7, 11) is -0.392. The predicted octanol–water partition coefficient (Wildman–Crippen LogP) is 1.30. The maximum absolute atomic E-state index is 13.0. The first-order valence-electron chi connectivity index (χ1n) is 9.59. The van der Waals surface area contributed by atoms with E-state index in [0.29, 0.717) is 52.1 Å². The third-order valence-corrected chi connectivity index (χ3v) is 7.81. The Kier molecular flexibility index (Phi) is 6.83. The summed E-state index contributed by atoms with van der Waals surface area (Å²) in [6.07, 6.45) is 1.02. The van der Waals surface area contributed by atoms with Gasteiger partial charge in [-0.05, 0) is 38.1 Å². The fourth-order valence-electron chi connectivity index (χ4n) is 3.66. The van der Waals surface area contributed by atoms with Gasteiger partial charge in [-0.1, -0.05) is 11.6 Å². The first-order chi connectivity index (χ1) is 13.7. The van der Waals surface area contributed by atoms with Crippen LogP contribution in [0.2, 0.25) is 5.02 Å². The van der Waals surface area contributed by atoms with Crippen molar-refractivity contribution in [2.24, 2.45) is 5.92 Å². The quantitative estimate of drug-likeness (QED) is 0.652. The summed E-state index contributed by atoms with van der Waals surface area (Å²) in [5, 5.41) is 0.211. The molecule has 0 aromatic heterocycles. The van der Waals surface area contributed by atoms with Crippen LogP contribution in [-0.2, 0) is 19.6 Å². The molecule has 0 atom stereocenters. The smallest absolute Gasteiger partial charge is 0.308 e. The predicted molar refractivity (Wildman–Crippen MR) is 108 cm³/mol. The molecule has 10 heteroatoms. The molecule has 0 saturated carbocycles. The number of likely N-dealkylation sites (N-methyl/N-ethyl adjacent to an activating group) is 1. The summed E-state index contributed by atoms with van der Waals surface area (Å²) in [6.45, 7) is 2.92. The molecule has 3 rings (SSSR count). The number of carbonyl (C=O) groups is 2. The van der Waals surface area contributed by atoms with Crippen molar-refractivity contribution in [3.8, 4) is 0 Å². The van der Waals surface area contributed by atoms with Crippen LogP contribution in [0.25, 0.3) is 0 Å². The minimum Gasteiger partial charge on any atom is -0.469 e. The van der Waals surface area contributed by atoms with Crippen LogP contribution in [-0.4, -0.2) is 87.8 Å². The van der Waals surface area contributed by atoms with E-state index in [1.54, 1.807) is 4.90 Å². The number of likely N-dealkylation sites (tertiary alicyclic amines) is 1. The van der Waals surface area contributed by atoms with Crippen LogP contribution in [0, 0.1) is 5.92 Å². The molecule has 29 heavy (non-hydrogen) atoms. The molecule has 1 aromatic carbocycles. The zero-order valence-electron chi connectivity index (χ0n) is 16.6. The molecule has 0 spiro atoms. The van der Waals surface area contributed by atoms with Gasteiger partial charge >= 0.3 is 5.97 Å². The Balaban J connectivity index is 1.77. The number of esters is 1. The number of piperidine rings is 1. The highest BCUT2D eigenvalue weighted by atomic mass is 35.5. The number of amides is 1. The molecule has 0 unspecified atom stereocenters. The standard InChI is InChI=1S/C19H26ClN3O5S/c1-21-9-11-23(12-10-21)29(26,27)15-3-4-17(20)16(13-15)18(24)22-7-5-14(6-8-22)19(25)28-2/h3-4,13-14H,5-12H2,1-2H3. The summed E-state index contributed by atoms with van der Waals surface area (Å²) in [6, 6.07) is 4.26. The highest BCUT2D eigenvalue weighted by Crippen LogP contribution is 2.27. The van der Waals surface area contributed by atoms with Crippen LogP contribution in [0.5, 0.6) is 0 Å². The van der Waals surface area contributed by atoms with Crippen molar-refractivity contribution < 1.29 is 22.7 Å². The van der Waals surface area contributed by atoms with Gasteiger partial charge in [0.1, 0.15) is 0 Å². The van der Waals surface area contributed by atoms with Crippen LogP contribution in [0.15, 0.2) is 23.1 Å². The van der Waals surface area contributed by atoms with Crippen LogP contribution in [0.1, 0.15) is 23.2 Å². The van der Waals surface area contributed by atoms with Gasteiger partial charge in [-0.15, -0.1) is 0 Å². The molecule has 0 N–H and O–H groups in total. The monoisotopic (exact) mass is 443 g/mol. The first kappa shape index (κ1) is 22.0. The fraction of sp³-hybridized carbons (Fsp3) is 0.579. The molecule has 2 aliphatic heterocycles. The number of halogens is 1. The number of rotatable bonds is 4. The van der Waals surface area contributed by atoms with E-state index in [9.17, 15) is 18.0 Å². The van der Waals surface area contributed by atoms with Crippen molar-refractivity contribution in [1.29, 1.82) is 0 Å². The van der Waals surface area contributed by atoms with Gasteiger partial charge < -0.3 is 14.5 Å². The normalized spacial score (nSPS) is 19.9. The van der Waals surface area contributed by atoms with Gasteiger partial charge in [0.25, 0.3) is 5.91 Å². The number of carbonyl (C=O) groups excluding carboxylic acids is 2. The van der Waals surface area contributed by atoms with E-state index < -0.39 is 10.0 Å². The summed E-state index contributed by atoms with van der Waals surface area (Å²) in [5.41, 5.74) is 0.165. The third kappa shape index (κ3) is 4.74. The fourth-order valence-corrected chi connectivity index (χ4v) is 5.31. The van der Waals surface area contributed by atoms with Gasteiger partial charge in [0.05, 0.1) is 28.5 Å². The van der Waals surface area contributed by atoms with Crippen LogP contribution in [0.4, 0.5) is 0 Å². The van der Waals surface area contributed by atoms with E-state index >= 15 is 0 Å². The Bertz CT molecular complexity index is 876. The van der Waals surface area contributed by atoms with Gasteiger partial charge in [0.15, 0.2) is 0 Å². The second-order valence-corrected chi connectivity index (χ2v) is 9.78. The minimum atomic E-state index is -3.70. The first-order valence-corrected chi connectivity index (χ1v) is 11.4. The number of hydrogen-bond acceptors (Lipinski definition) is 6. The van der Waals surface area contributed by atoms with E-state index in [4.69, 9.17) is 16.3 Å². The van der Waals surface area contributed by atoms with Crippen molar-refractivity contribution in [1.82, 2.24) is 14.1 Å². The lowest BCUT2D eigenvalue weighted by molar-refractivity contribution is -0.146. The van der Waals surface area contributed by atoms with Crippen molar-refractivity contribution in [3.05, 3.63) is 28.8 Å². The molecule has 0 bridgehead atoms. The molecule has 2 fully saturated rings. The van der Waals surface area contributed by atoms with Gasteiger partial charge in [-0.2, -0.15) is 4.31 Å². The second kappa shape index (κ2) is 8.99. The van der Waals surface area contributed by atoms with Crippen molar-refractivity contribution in [2.45, 2.75) is 17.7 Å². The molecule has 2 heterocycles. The second-order valence-electron chi connectivity index (χ2n) is 7.44. The molecule has 160 valence electrons. The molecule has 0 aliphatic carbocycles. The third-order valence-electron chi connectivity index (χ3n) is 5.58. The summed E-state index contributed by atoms with van der Waals surface area (Å²) in [4.78, 5) is 28.4. The molecular formula is C19H26ClN3O5S. The molecule has 8 nitrogen and oxygen atoms in total. The number of ether oxygens (including phenoxy) is 1. The topological polar surface area (TPSA) is 87.2 Å². The number of nitrogens with zero attached hydrogens (tertiary/aromatic N) is 3. The summed E-state index contributed by atoms with van der Waals surface area (Å²) < 4.78 is 32.2. The van der Waals surface area contributed by atoms with Crippen LogP contribution >= 0.6 is 11.6 Å². The average Bonchev–Trinajstić information content (AvgIpc) is 2.73. The SMILES string of the molecule is COC(=O)C1CCN(C(=O)c2cc(S(=O)(=O)N3CCN(C)CC3)ccc2Cl)CC1. The summed E-state index contributed by atoms with van der Waals surface area (Å²) >= 11 is 6.23. The molecule has 0 radical (unpaired) electrons. The molecule has 2 aliphatic rings. The molecular weight excluding hydrogens is 418 g/mol. The maximum Gasteiger partial charge on any atom is 0.308 e. The lowest BCUT2D eigenvalue weighted by atomic mass is 9.96. The Hall–Kier alpha value is -1.68. The average molecular weight is 444 g/mol. The van der Waals surface area contributed by atoms with Crippen LogP contribution < -0.4 is 0 Å². The Labute approximate surface area is 176 Å². The van der Waals surface area contributed by atoms with Gasteiger partial charge in [0, 0.05) is 39.3 Å². The summed E-state index contributed by atoms with van der Waals surface area (Å²) in [5.74, 6) is -0.812. The zero-order chi connectivity index (χ0) is 21.2. The number of hydrogen-bond donors (Lipinski definition) is 0. The number of benzene rings is 1. The van der Waals surface area contributed by atoms with E-state index in [0.717, 1.165) is 0 Å². The Morgan fingerprint density at radius 2 is 1.69 bits per heavy atom. The van der Waals surface area contributed by atoms with Crippen LogP contribution in [0.3, 0.4) is 0 Å².